The third-order valence-corrected chi connectivity index (χ3v) is 6.95. The van der Waals surface area contributed by atoms with Crippen LogP contribution in [0, 0.1) is 5.41 Å². The lowest BCUT2D eigenvalue weighted by atomic mass is 9.79. The average Bonchev–Trinajstić information content (AvgIpc) is 3.22. The Morgan fingerprint density at radius 2 is 1.87 bits per heavy atom. The number of amides is 1. The van der Waals surface area contributed by atoms with E-state index in [1.165, 1.54) is 19.3 Å². The molecule has 0 saturated carbocycles. The maximum Gasteiger partial charge on any atom is 0.267 e. The predicted octanol–water partition coefficient (Wildman–Crippen LogP) is 2.98. The molecular formula is C24H35N3O4. The zero-order chi connectivity index (χ0) is 21.7. The van der Waals surface area contributed by atoms with Crippen molar-refractivity contribution in [3.8, 4) is 5.75 Å². The molecule has 1 unspecified atom stereocenters. The zero-order valence-electron chi connectivity index (χ0n) is 18.8. The molecule has 1 N–H and O–H groups in total. The first-order valence-corrected chi connectivity index (χ1v) is 11.5. The highest BCUT2D eigenvalue weighted by molar-refractivity contribution is 6.05. The summed E-state index contributed by atoms with van der Waals surface area (Å²) in [7, 11) is 1.64. The Kier molecular flexibility index (Phi) is 6.82. The summed E-state index contributed by atoms with van der Waals surface area (Å²) in [5.74, 6) is 0.698. The molecule has 0 bridgehead atoms. The van der Waals surface area contributed by atoms with Gasteiger partial charge in [0, 0.05) is 38.1 Å². The van der Waals surface area contributed by atoms with E-state index in [1.807, 2.05) is 31.2 Å². The van der Waals surface area contributed by atoms with Gasteiger partial charge in [-0.2, -0.15) is 0 Å². The average molecular weight is 430 g/mol. The third-order valence-electron chi connectivity index (χ3n) is 6.95. The minimum atomic E-state index is -0.979. The van der Waals surface area contributed by atoms with E-state index in [9.17, 15) is 4.79 Å². The number of ether oxygens (including phenoxy) is 2. The van der Waals surface area contributed by atoms with Crippen molar-refractivity contribution in [2.45, 2.75) is 51.0 Å². The van der Waals surface area contributed by atoms with Crippen LogP contribution in [0.3, 0.4) is 0 Å². The van der Waals surface area contributed by atoms with Crippen LogP contribution in [0.2, 0.25) is 0 Å². The van der Waals surface area contributed by atoms with Crippen molar-refractivity contribution in [3.63, 3.8) is 0 Å². The maximum absolute atomic E-state index is 13.1. The SMILES string of the molecule is COc1ccc(C2=NOC(C)(C(=O)NCC3(CN4CCCCC4)CCOCC3)C2)cc1. The maximum atomic E-state index is 13.1. The lowest BCUT2D eigenvalue weighted by Gasteiger charge is -2.42. The standard InChI is InChI=1S/C24H35N3O4/c1-23(16-21(26-31-23)19-6-8-20(29-2)9-7-19)22(28)25-17-24(10-14-30-15-11-24)18-27-12-4-3-5-13-27/h6-9H,3-5,10-18H2,1-2H3,(H,25,28). The number of methoxy groups -OCH3 is 1. The van der Waals surface area contributed by atoms with Crippen LogP contribution in [-0.4, -0.2) is 68.6 Å². The summed E-state index contributed by atoms with van der Waals surface area (Å²) in [6, 6.07) is 7.67. The van der Waals surface area contributed by atoms with Gasteiger partial charge in [0.05, 0.1) is 12.8 Å². The Balaban J connectivity index is 1.36. The monoisotopic (exact) mass is 429 g/mol. The number of carbonyl (C=O) groups excluding carboxylic acids is 1. The molecule has 0 aromatic heterocycles. The number of benzene rings is 1. The van der Waals surface area contributed by atoms with Crippen LogP contribution >= 0.6 is 0 Å². The Morgan fingerprint density at radius 1 is 1.16 bits per heavy atom. The van der Waals surface area contributed by atoms with Crippen LogP contribution in [0.15, 0.2) is 29.4 Å². The van der Waals surface area contributed by atoms with E-state index >= 15 is 0 Å². The molecule has 0 aliphatic carbocycles. The van der Waals surface area contributed by atoms with Crippen LogP contribution in [0.1, 0.15) is 51.0 Å². The first-order valence-electron chi connectivity index (χ1n) is 11.5. The molecule has 1 atom stereocenters. The number of hydrogen-bond donors (Lipinski definition) is 1. The van der Waals surface area contributed by atoms with E-state index in [0.717, 1.165) is 62.7 Å². The summed E-state index contributed by atoms with van der Waals surface area (Å²) in [5, 5.41) is 7.44. The van der Waals surface area contributed by atoms with Crippen LogP contribution in [0.4, 0.5) is 0 Å². The second-order valence-electron chi connectivity index (χ2n) is 9.40. The van der Waals surface area contributed by atoms with Crippen molar-refractivity contribution in [2.75, 3.05) is 46.5 Å². The zero-order valence-corrected chi connectivity index (χ0v) is 18.8. The summed E-state index contributed by atoms with van der Waals surface area (Å²) >= 11 is 0. The highest BCUT2D eigenvalue weighted by Gasteiger charge is 2.44. The van der Waals surface area contributed by atoms with Gasteiger partial charge < -0.3 is 24.5 Å². The third kappa shape index (κ3) is 5.21. The number of nitrogens with one attached hydrogen (secondary N) is 1. The van der Waals surface area contributed by atoms with E-state index in [-0.39, 0.29) is 11.3 Å². The molecule has 0 spiro atoms. The van der Waals surface area contributed by atoms with Gasteiger partial charge in [-0.05, 0) is 75.5 Å². The van der Waals surface area contributed by atoms with Gasteiger partial charge in [-0.15, -0.1) is 0 Å². The summed E-state index contributed by atoms with van der Waals surface area (Å²) in [6.07, 6.45) is 6.29. The van der Waals surface area contributed by atoms with E-state index in [0.29, 0.717) is 13.0 Å². The summed E-state index contributed by atoms with van der Waals surface area (Å²) in [5.41, 5.74) is 0.824. The highest BCUT2D eigenvalue weighted by atomic mass is 16.7. The second kappa shape index (κ2) is 9.57. The Labute approximate surface area is 185 Å². The number of hydrogen-bond acceptors (Lipinski definition) is 6. The van der Waals surface area contributed by atoms with Gasteiger partial charge in [0.25, 0.3) is 5.91 Å². The number of likely N-dealkylation sites (tertiary alicyclic amines) is 1. The van der Waals surface area contributed by atoms with Crippen LogP contribution in [0.25, 0.3) is 0 Å². The normalized spacial score (nSPS) is 26.1. The first-order chi connectivity index (χ1) is 15.0. The Hall–Kier alpha value is -2.12. The van der Waals surface area contributed by atoms with Crippen molar-refractivity contribution in [1.82, 2.24) is 10.2 Å². The molecule has 2 fully saturated rings. The largest absolute Gasteiger partial charge is 0.497 e. The summed E-state index contributed by atoms with van der Waals surface area (Å²) in [6.45, 7) is 7.37. The molecule has 3 heterocycles. The quantitative estimate of drug-likeness (QED) is 0.722. The topological polar surface area (TPSA) is 72.4 Å². The first kappa shape index (κ1) is 22.1. The van der Waals surface area contributed by atoms with Gasteiger partial charge in [-0.1, -0.05) is 11.6 Å². The fraction of sp³-hybridized carbons (Fsp3) is 0.667. The lowest BCUT2D eigenvalue weighted by molar-refractivity contribution is -0.142. The predicted molar refractivity (Wildman–Crippen MR) is 119 cm³/mol. The molecule has 0 radical (unpaired) electrons. The number of carbonyl (C=O) groups is 1. The van der Waals surface area contributed by atoms with Crippen molar-refractivity contribution < 1.29 is 19.1 Å². The van der Waals surface area contributed by atoms with E-state index < -0.39 is 5.60 Å². The van der Waals surface area contributed by atoms with Crippen LogP contribution in [0.5, 0.6) is 5.75 Å². The molecule has 7 nitrogen and oxygen atoms in total. The fourth-order valence-electron chi connectivity index (χ4n) is 4.84. The number of rotatable bonds is 7. The molecule has 170 valence electrons. The number of piperidine rings is 1. The van der Waals surface area contributed by atoms with Gasteiger partial charge in [-0.3, -0.25) is 4.79 Å². The van der Waals surface area contributed by atoms with Gasteiger partial charge in [0.2, 0.25) is 5.60 Å². The van der Waals surface area contributed by atoms with Crippen LogP contribution < -0.4 is 10.1 Å². The molecule has 31 heavy (non-hydrogen) atoms. The lowest BCUT2D eigenvalue weighted by Crippen LogP contribution is -2.53. The van der Waals surface area contributed by atoms with Crippen LogP contribution in [-0.2, 0) is 14.4 Å². The van der Waals surface area contributed by atoms with E-state index in [1.54, 1.807) is 7.11 Å². The smallest absolute Gasteiger partial charge is 0.267 e. The fourth-order valence-corrected chi connectivity index (χ4v) is 4.84. The molecule has 3 aliphatic heterocycles. The van der Waals surface area contributed by atoms with Crippen molar-refractivity contribution in [2.24, 2.45) is 10.6 Å². The minimum Gasteiger partial charge on any atom is -0.497 e. The number of nitrogens with zero attached hydrogens (tertiary/aromatic N) is 2. The van der Waals surface area contributed by atoms with E-state index in [4.69, 9.17) is 14.3 Å². The summed E-state index contributed by atoms with van der Waals surface area (Å²) < 4.78 is 10.9. The van der Waals surface area contributed by atoms with Crippen molar-refractivity contribution in [3.05, 3.63) is 29.8 Å². The highest BCUT2D eigenvalue weighted by Crippen LogP contribution is 2.33. The molecule has 4 rings (SSSR count). The molecule has 1 aromatic rings. The molecule has 7 heteroatoms. The molecular weight excluding hydrogens is 394 g/mol. The van der Waals surface area contributed by atoms with Gasteiger partial charge >= 0.3 is 0 Å². The molecule has 1 amide bonds. The van der Waals surface area contributed by atoms with Crippen molar-refractivity contribution >= 4 is 11.6 Å². The Bertz CT molecular complexity index is 783. The van der Waals surface area contributed by atoms with Gasteiger partial charge in [-0.25, -0.2) is 0 Å². The molecule has 3 aliphatic rings. The molecule has 1 aromatic carbocycles. The van der Waals surface area contributed by atoms with E-state index in [2.05, 4.69) is 15.4 Å². The van der Waals surface area contributed by atoms with Crippen molar-refractivity contribution in [1.29, 1.82) is 0 Å². The molecule has 2 saturated heterocycles. The van der Waals surface area contributed by atoms with Gasteiger partial charge in [0.1, 0.15) is 5.75 Å². The minimum absolute atomic E-state index is 0.0693. The number of oxime groups is 1. The van der Waals surface area contributed by atoms with Gasteiger partial charge in [0.15, 0.2) is 0 Å². The second-order valence-corrected chi connectivity index (χ2v) is 9.40. The Morgan fingerprint density at radius 3 is 2.55 bits per heavy atom. The summed E-state index contributed by atoms with van der Waals surface area (Å²) in [4.78, 5) is 21.4.